The van der Waals surface area contributed by atoms with Crippen LogP contribution in [0.5, 0.6) is 5.75 Å². The van der Waals surface area contributed by atoms with Crippen molar-refractivity contribution >= 4 is 39.1 Å². The molecule has 2 amide bonds. The van der Waals surface area contributed by atoms with Crippen LogP contribution < -0.4 is 14.4 Å². The summed E-state index contributed by atoms with van der Waals surface area (Å²) >= 11 is 6.07. The molecule has 3 aromatic rings. The number of halogens is 1. The van der Waals surface area contributed by atoms with E-state index in [9.17, 15) is 18.0 Å². The number of amides is 2. The summed E-state index contributed by atoms with van der Waals surface area (Å²) in [6, 6.07) is 19.0. The summed E-state index contributed by atoms with van der Waals surface area (Å²) in [6.07, 6.45) is 0.357. The third kappa shape index (κ3) is 7.30. The first kappa shape index (κ1) is 30.0. The maximum absolute atomic E-state index is 14.0. The number of anilines is 1. The van der Waals surface area contributed by atoms with Crippen molar-refractivity contribution in [3.8, 4) is 5.75 Å². The minimum absolute atomic E-state index is 0.00716. The minimum atomic E-state index is -4.18. The first-order valence-electron chi connectivity index (χ1n) is 12.7. The van der Waals surface area contributed by atoms with Crippen molar-refractivity contribution in [1.29, 1.82) is 0 Å². The van der Waals surface area contributed by atoms with Crippen LogP contribution in [0.3, 0.4) is 0 Å². The van der Waals surface area contributed by atoms with E-state index in [1.807, 2.05) is 45.0 Å². The Morgan fingerprint density at radius 2 is 1.62 bits per heavy atom. The van der Waals surface area contributed by atoms with Gasteiger partial charge in [0.15, 0.2) is 0 Å². The zero-order valence-electron chi connectivity index (χ0n) is 22.6. The first-order chi connectivity index (χ1) is 18.6. The number of sulfonamides is 1. The summed E-state index contributed by atoms with van der Waals surface area (Å²) in [5.41, 5.74) is 2.09. The molecule has 0 unspecified atom stereocenters. The molecule has 10 heteroatoms. The number of carbonyl (C=O) groups excluding carboxylic acids is 2. The lowest BCUT2D eigenvalue weighted by Gasteiger charge is -2.33. The van der Waals surface area contributed by atoms with Crippen molar-refractivity contribution in [1.82, 2.24) is 10.2 Å². The molecule has 3 rings (SSSR count). The number of benzene rings is 3. The highest BCUT2D eigenvalue weighted by atomic mass is 35.5. The van der Waals surface area contributed by atoms with Gasteiger partial charge in [0.25, 0.3) is 10.0 Å². The lowest BCUT2D eigenvalue weighted by Crippen LogP contribution is -2.52. The minimum Gasteiger partial charge on any atom is -0.497 e. The van der Waals surface area contributed by atoms with E-state index in [1.54, 1.807) is 36.4 Å². The third-order valence-corrected chi connectivity index (χ3v) is 8.42. The molecule has 0 heterocycles. The Morgan fingerprint density at radius 3 is 2.18 bits per heavy atom. The molecule has 0 aliphatic carbocycles. The fourth-order valence-corrected chi connectivity index (χ4v) is 5.73. The highest BCUT2D eigenvalue weighted by Gasteiger charge is 2.33. The Balaban J connectivity index is 2.06. The monoisotopic (exact) mass is 571 g/mol. The lowest BCUT2D eigenvalue weighted by molar-refractivity contribution is -0.140. The van der Waals surface area contributed by atoms with Crippen LogP contribution in [0.15, 0.2) is 77.7 Å². The second-order valence-electron chi connectivity index (χ2n) is 8.93. The van der Waals surface area contributed by atoms with Gasteiger partial charge in [-0.15, -0.1) is 0 Å². The van der Waals surface area contributed by atoms with Gasteiger partial charge in [0, 0.05) is 18.1 Å². The Hall–Kier alpha value is -3.56. The normalized spacial score (nSPS) is 11.9. The smallest absolute Gasteiger partial charge is 0.264 e. The zero-order valence-corrected chi connectivity index (χ0v) is 24.1. The molecule has 3 aromatic carbocycles. The standard InChI is InChI=1S/C29H34ClN3O5S/c1-5-27(29(35)31-6-2)32(19-22-10-8-7-9-21(22)3)28(34)20-33(24-13-11-23(30)12-14-24)39(36,37)26-17-15-25(38-4)16-18-26/h7-18,27H,5-6,19-20H2,1-4H3,(H,31,35)/t27-/m0/s1. The van der Waals surface area contributed by atoms with Gasteiger partial charge < -0.3 is 15.0 Å². The molecule has 0 aromatic heterocycles. The summed E-state index contributed by atoms with van der Waals surface area (Å²) in [6.45, 7) is 5.60. The quantitative estimate of drug-likeness (QED) is 0.337. The molecule has 0 radical (unpaired) electrons. The predicted molar refractivity (Wildman–Crippen MR) is 153 cm³/mol. The molecule has 8 nitrogen and oxygen atoms in total. The van der Waals surface area contributed by atoms with Crippen LogP contribution in [0.1, 0.15) is 31.4 Å². The van der Waals surface area contributed by atoms with Crippen LogP contribution in [-0.4, -0.2) is 51.4 Å². The summed E-state index contributed by atoms with van der Waals surface area (Å²) < 4.78 is 33.9. The number of carbonyl (C=O) groups is 2. The number of hydrogen-bond donors (Lipinski definition) is 1. The van der Waals surface area contributed by atoms with Gasteiger partial charge in [-0.1, -0.05) is 42.8 Å². The van der Waals surface area contributed by atoms with Gasteiger partial charge in [0.05, 0.1) is 17.7 Å². The van der Waals surface area contributed by atoms with Crippen molar-refractivity contribution < 1.29 is 22.7 Å². The van der Waals surface area contributed by atoms with Crippen molar-refractivity contribution in [2.45, 2.75) is 44.7 Å². The summed E-state index contributed by atoms with van der Waals surface area (Å²) in [7, 11) is -2.69. The van der Waals surface area contributed by atoms with Gasteiger partial charge >= 0.3 is 0 Å². The second kappa shape index (κ2) is 13.5. The Labute approximate surface area is 235 Å². The third-order valence-electron chi connectivity index (χ3n) is 6.38. The average molecular weight is 572 g/mol. The number of nitrogens with zero attached hydrogens (tertiary/aromatic N) is 2. The van der Waals surface area contributed by atoms with Crippen LogP contribution >= 0.6 is 11.6 Å². The van der Waals surface area contributed by atoms with E-state index in [4.69, 9.17) is 16.3 Å². The van der Waals surface area contributed by atoms with Gasteiger partial charge in [-0.25, -0.2) is 8.42 Å². The number of likely N-dealkylation sites (N-methyl/N-ethyl adjacent to an activating group) is 1. The maximum atomic E-state index is 14.0. The van der Waals surface area contributed by atoms with Crippen molar-refractivity contribution in [2.24, 2.45) is 0 Å². The summed E-state index contributed by atoms with van der Waals surface area (Å²) in [5.74, 6) is -0.304. The van der Waals surface area contributed by atoms with Gasteiger partial charge in [0.2, 0.25) is 11.8 Å². The molecule has 1 N–H and O–H groups in total. The van der Waals surface area contributed by atoms with E-state index in [0.717, 1.165) is 15.4 Å². The Bertz CT molecular complexity index is 1380. The molecular formula is C29H34ClN3O5S. The summed E-state index contributed by atoms with van der Waals surface area (Å²) in [4.78, 5) is 28.4. The highest BCUT2D eigenvalue weighted by molar-refractivity contribution is 7.92. The molecule has 39 heavy (non-hydrogen) atoms. The molecule has 0 aliphatic heterocycles. The fourth-order valence-electron chi connectivity index (χ4n) is 4.19. The van der Waals surface area contributed by atoms with Crippen molar-refractivity contribution in [3.05, 3.63) is 88.9 Å². The zero-order chi connectivity index (χ0) is 28.6. The molecule has 208 valence electrons. The lowest BCUT2D eigenvalue weighted by atomic mass is 10.1. The van der Waals surface area contributed by atoms with Crippen LogP contribution in [0.25, 0.3) is 0 Å². The van der Waals surface area contributed by atoms with Gasteiger partial charge in [0.1, 0.15) is 18.3 Å². The van der Waals surface area contributed by atoms with Crippen molar-refractivity contribution in [3.63, 3.8) is 0 Å². The largest absolute Gasteiger partial charge is 0.497 e. The van der Waals surface area contributed by atoms with E-state index >= 15 is 0 Å². The molecule has 0 bridgehead atoms. The van der Waals surface area contributed by atoms with Gasteiger partial charge in [-0.2, -0.15) is 0 Å². The summed E-state index contributed by atoms with van der Waals surface area (Å²) in [5, 5.41) is 3.23. The fraction of sp³-hybridized carbons (Fsp3) is 0.310. The molecule has 0 fully saturated rings. The number of aryl methyl sites for hydroxylation is 1. The molecule has 0 aliphatic rings. The van der Waals surface area contributed by atoms with Crippen LogP contribution in [0.2, 0.25) is 5.02 Å². The van der Waals surface area contributed by atoms with E-state index < -0.39 is 28.5 Å². The molecule has 0 saturated heterocycles. The van der Waals surface area contributed by atoms with E-state index in [-0.39, 0.29) is 23.0 Å². The second-order valence-corrected chi connectivity index (χ2v) is 11.2. The number of ether oxygens (including phenoxy) is 1. The molecule has 0 saturated carbocycles. The Kier molecular flexibility index (Phi) is 10.4. The van der Waals surface area contributed by atoms with Crippen LogP contribution in [-0.2, 0) is 26.2 Å². The van der Waals surface area contributed by atoms with Crippen LogP contribution in [0, 0.1) is 6.92 Å². The average Bonchev–Trinajstić information content (AvgIpc) is 2.93. The van der Waals surface area contributed by atoms with Crippen molar-refractivity contribution in [2.75, 3.05) is 24.5 Å². The van der Waals surface area contributed by atoms with Crippen LogP contribution in [0.4, 0.5) is 5.69 Å². The number of hydrogen-bond acceptors (Lipinski definition) is 5. The maximum Gasteiger partial charge on any atom is 0.264 e. The molecule has 0 spiro atoms. The highest BCUT2D eigenvalue weighted by Crippen LogP contribution is 2.27. The van der Waals surface area contributed by atoms with E-state index in [0.29, 0.717) is 23.7 Å². The topological polar surface area (TPSA) is 96.0 Å². The SMILES string of the molecule is CCNC(=O)[C@H](CC)N(Cc1ccccc1C)C(=O)CN(c1ccc(Cl)cc1)S(=O)(=O)c1ccc(OC)cc1. The van der Waals surface area contributed by atoms with Gasteiger partial charge in [-0.05, 0) is 79.9 Å². The number of rotatable bonds is 12. The number of methoxy groups -OCH3 is 1. The van der Waals surface area contributed by atoms with E-state index in [1.165, 1.54) is 24.1 Å². The molecular weight excluding hydrogens is 538 g/mol. The van der Waals surface area contributed by atoms with E-state index in [2.05, 4.69) is 5.32 Å². The molecule has 1 atom stereocenters. The number of nitrogens with one attached hydrogen (secondary N) is 1. The predicted octanol–water partition coefficient (Wildman–Crippen LogP) is 4.80. The first-order valence-corrected chi connectivity index (χ1v) is 14.5. The Morgan fingerprint density at radius 1 is 0.974 bits per heavy atom. The van der Waals surface area contributed by atoms with Gasteiger partial charge in [-0.3, -0.25) is 13.9 Å².